The van der Waals surface area contributed by atoms with Crippen LogP contribution in [0.25, 0.3) is 0 Å². The lowest BCUT2D eigenvalue weighted by Crippen LogP contribution is -2.42. The number of benzene rings is 1. The van der Waals surface area contributed by atoms with Gasteiger partial charge < -0.3 is 15.0 Å². The SMILES string of the molecule is COC(=O)c1ccccc1N(CCC(=O)NC(C)(C)C)C(C)=O. The highest BCUT2D eigenvalue weighted by Gasteiger charge is 2.21. The van der Waals surface area contributed by atoms with Gasteiger partial charge in [-0.2, -0.15) is 0 Å². The first-order chi connectivity index (χ1) is 10.7. The molecule has 1 aromatic carbocycles. The maximum Gasteiger partial charge on any atom is 0.339 e. The van der Waals surface area contributed by atoms with Crippen LogP contribution in [-0.2, 0) is 14.3 Å². The molecule has 2 amide bonds. The number of amides is 2. The van der Waals surface area contributed by atoms with Crippen LogP contribution in [0.1, 0.15) is 44.5 Å². The smallest absolute Gasteiger partial charge is 0.339 e. The average Bonchev–Trinajstić information content (AvgIpc) is 2.45. The third-order valence-corrected chi connectivity index (χ3v) is 3.06. The van der Waals surface area contributed by atoms with Gasteiger partial charge in [0, 0.05) is 25.4 Å². The number of para-hydroxylation sites is 1. The molecule has 0 heterocycles. The lowest BCUT2D eigenvalue weighted by atomic mass is 10.1. The summed E-state index contributed by atoms with van der Waals surface area (Å²) in [5.41, 5.74) is 0.402. The Morgan fingerprint density at radius 3 is 2.30 bits per heavy atom. The highest BCUT2D eigenvalue weighted by Crippen LogP contribution is 2.22. The van der Waals surface area contributed by atoms with Gasteiger partial charge in [-0.05, 0) is 32.9 Å². The third-order valence-electron chi connectivity index (χ3n) is 3.06. The first-order valence-corrected chi connectivity index (χ1v) is 7.42. The maximum atomic E-state index is 12.0. The number of ether oxygens (including phenoxy) is 1. The van der Waals surface area contributed by atoms with Crippen LogP contribution in [0.4, 0.5) is 5.69 Å². The number of carbonyl (C=O) groups is 3. The summed E-state index contributed by atoms with van der Waals surface area (Å²) in [5, 5.41) is 2.84. The zero-order valence-corrected chi connectivity index (χ0v) is 14.3. The van der Waals surface area contributed by atoms with E-state index in [1.165, 1.54) is 18.9 Å². The third kappa shape index (κ3) is 5.73. The highest BCUT2D eigenvalue weighted by atomic mass is 16.5. The summed E-state index contributed by atoms with van der Waals surface area (Å²) < 4.78 is 4.74. The molecule has 0 aliphatic carbocycles. The Hall–Kier alpha value is -2.37. The molecule has 1 N–H and O–H groups in total. The number of esters is 1. The fourth-order valence-electron chi connectivity index (χ4n) is 2.13. The number of methoxy groups -OCH3 is 1. The van der Waals surface area contributed by atoms with E-state index in [2.05, 4.69) is 5.32 Å². The molecule has 0 aliphatic heterocycles. The summed E-state index contributed by atoms with van der Waals surface area (Å²) in [5.74, 6) is -0.921. The standard InChI is InChI=1S/C17H24N2O4/c1-12(20)19(11-10-15(21)18-17(2,3)4)14-9-7-6-8-13(14)16(22)23-5/h6-9H,10-11H2,1-5H3,(H,18,21). The largest absolute Gasteiger partial charge is 0.465 e. The van der Waals surface area contributed by atoms with Crippen molar-refractivity contribution in [1.82, 2.24) is 5.32 Å². The zero-order valence-electron chi connectivity index (χ0n) is 14.3. The van der Waals surface area contributed by atoms with Gasteiger partial charge in [0.25, 0.3) is 0 Å². The molecule has 0 saturated heterocycles. The van der Waals surface area contributed by atoms with Gasteiger partial charge in [-0.25, -0.2) is 4.79 Å². The number of hydrogen-bond acceptors (Lipinski definition) is 4. The van der Waals surface area contributed by atoms with Crippen molar-refractivity contribution in [1.29, 1.82) is 0 Å². The average molecular weight is 320 g/mol. The van der Waals surface area contributed by atoms with Crippen LogP contribution in [0.15, 0.2) is 24.3 Å². The minimum Gasteiger partial charge on any atom is -0.465 e. The molecule has 0 aromatic heterocycles. The maximum absolute atomic E-state index is 12.0. The summed E-state index contributed by atoms with van der Waals surface area (Å²) in [7, 11) is 1.29. The van der Waals surface area contributed by atoms with Crippen LogP contribution >= 0.6 is 0 Å². The molecule has 6 nitrogen and oxygen atoms in total. The van der Waals surface area contributed by atoms with E-state index in [9.17, 15) is 14.4 Å². The monoisotopic (exact) mass is 320 g/mol. The molecule has 0 fully saturated rings. The fraction of sp³-hybridized carbons (Fsp3) is 0.471. The molecular weight excluding hydrogens is 296 g/mol. The van der Waals surface area contributed by atoms with Crippen LogP contribution in [-0.4, -0.2) is 37.0 Å². The van der Waals surface area contributed by atoms with Crippen molar-refractivity contribution < 1.29 is 19.1 Å². The molecule has 0 radical (unpaired) electrons. The zero-order chi connectivity index (χ0) is 17.6. The topological polar surface area (TPSA) is 75.7 Å². The summed E-state index contributed by atoms with van der Waals surface area (Å²) in [4.78, 5) is 37.2. The van der Waals surface area contributed by atoms with Crippen LogP contribution in [0, 0.1) is 0 Å². The normalized spacial score (nSPS) is 10.8. The van der Waals surface area contributed by atoms with E-state index in [1.54, 1.807) is 24.3 Å². The van der Waals surface area contributed by atoms with Crippen molar-refractivity contribution >= 4 is 23.5 Å². The number of rotatable bonds is 5. The second kappa shape index (κ2) is 7.76. The van der Waals surface area contributed by atoms with Crippen molar-refractivity contribution in [3.8, 4) is 0 Å². The van der Waals surface area contributed by atoms with E-state index >= 15 is 0 Å². The molecule has 0 atom stereocenters. The Morgan fingerprint density at radius 1 is 1.17 bits per heavy atom. The minimum absolute atomic E-state index is 0.145. The Morgan fingerprint density at radius 2 is 1.78 bits per heavy atom. The fourth-order valence-corrected chi connectivity index (χ4v) is 2.13. The Bertz CT molecular complexity index is 591. The molecule has 0 saturated carbocycles. The number of nitrogens with zero attached hydrogens (tertiary/aromatic N) is 1. The van der Waals surface area contributed by atoms with Crippen molar-refractivity contribution in [3.63, 3.8) is 0 Å². The van der Waals surface area contributed by atoms with E-state index in [0.717, 1.165) is 0 Å². The summed E-state index contributed by atoms with van der Waals surface area (Å²) in [6.07, 6.45) is 0.145. The van der Waals surface area contributed by atoms with Crippen molar-refractivity contribution in [2.45, 2.75) is 39.7 Å². The molecule has 0 spiro atoms. The minimum atomic E-state index is -0.522. The summed E-state index contributed by atoms with van der Waals surface area (Å²) in [6, 6.07) is 6.68. The molecular formula is C17H24N2O4. The van der Waals surface area contributed by atoms with Crippen molar-refractivity contribution in [3.05, 3.63) is 29.8 Å². The molecule has 1 aromatic rings. The van der Waals surface area contributed by atoms with Gasteiger partial charge in [0.15, 0.2) is 0 Å². The van der Waals surface area contributed by atoms with E-state index < -0.39 is 5.97 Å². The van der Waals surface area contributed by atoms with Crippen LogP contribution in [0.3, 0.4) is 0 Å². The van der Waals surface area contributed by atoms with Crippen LogP contribution < -0.4 is 10.2 Å². The Balaban J connectivity index is 2.95. The van der Waals surface area contributed by atoms with Gasteiger partial charge in [-0.15, -0.1) is 0 Å². The molecule has 126 valence electrons. The summed E-state index contributed by atoms with van der Waals surface area (Å²) >= 11 is 0. The number of nitrogens with one attached hydrogen (secondary N) is 1. The van der Waals surface area contributed by atoms with Crippen LogP contribution in [0.5, 0.6) is 0 Å². The van der Waals surface area contributed by atoms with Gasteiger partial charge in [0.05, 0.1) is 18.4 Å². The van der Waals surface area contributed by atoms with E-state index in [4.69, 9.17) is 4.74 Å². The van der Waals surface area contributed by atoms with Gasteiger partial charge in [0.2, 0.25) is 11.8 Å². The van der Waals surface area contributed by atoms with Crippen molar-refractivity contribution in [2.75, 3.05) is 18.6 Å². The van der Waals surface area contributed by atoms with Crippen molar-refractivity contribution in [2.24, 2.45) is 0 Å². The molecule has 0 aliphatic rings. The second-order valence-electron chi connectivity index (χ2n) is 6.23. The van der Waals surface area contributed by atoms with Crippen LogP contribution in [0.2, 0.25) is 0 Å². The number of anilines is 1. The first kappa shape index (κ1) is 18.7. The predicted molar refractivity (Wildman–Crippen MR) is 88.3 cm³/mol. The lowest BCUT2D eigenvalue weighted by molar-refractivity contribution is -0.122. The van der Waals surface area contributed by atoms with Gasteiger partial charge >= 0.3 is 5.97 Å². The molecule has 0 unspecified atom stereocenters. The molecule has 0 bridgehead atoms. The van der Waals surface area contributed by atoms with Gasteiger partial charge in [-0.1, -0.05) is 12.1 Å². The van der Waals surface area contributed by atoms with E-state index in [1.807, 2.05) is 20.8 Å². The quantitative estimate of drug-likeness (QED) is 0.843. The predicted octanol–water partition coefficient (Wildman–Crippen LogP) is 2.13. The second-order valence-corrected chi connectivity index (χ2v) is 6.23. The Kier molecular flexibility index (Phi) is 6.30. The highest BCUT2D eigenvalue weighted by molar-refractivity contribution is 6.02. The molecule has 6 heteroatoms. The first-order valence-electron chi connectivity index (χ1n) is 7.42. The number of carbonyl (C=O) groups excluding carboxylic acids is 3. The Labute approximate surface area is 136 Å². The van der Waals surface area contributed by atoms with Gasteiger partial charge in [-0.3, -0.25) is 9.59 Å². The van der Waals surface area contributed by atoms with E-state index in [0.29, 0.717) is 11.3 Å². The number of hydrogen-bond donors (Lipinski definition) is 1. The molecule has 1 rings (SSSR count). The van der Waals surface area contributed by atoms with E-state index in [-0.39, 0.29) is 30.3 Å². The molecule has 23 heavy (non-hydrogen) atoms. The summed E-state index contributed by atoms with van der Waals surface area (Å²) in [6.45, 7) is 7.25. The lowest BCUT2D eigenvalue weighted by Gasteiger charge is -2.25. The van der Waals surface area contributed by atoms with Gasteiger partial charge in [0.1, 0.15) is 0 Å².